The Morgan fingerprint density at radius 2 is 1.78 bits per heavy atom. The molecule has 1 heterocycles. The minimum atomic E-state index is -2.44. The number of likely N-dealkylation sites (tertiary alicyclic amines) is 1. The van der Waals surface area contributed by atoms with Crippen LogP contribution in [0.4, 0.5) is 8.78 Å². The van der Waals surface area contributed by atoms with Gasteiger partial charge in [-0.3, -0.25) is 0 Å². The van der Waals surface area contributed by atoms with Crippen molar-refractivity contribution >= 4 is 11.6 Å². The maximum absolute atomic E-state index is 13.3. The predicted octanol–water partition coefficient (Wildman–Crippen LogP) is 5.11. The zero-order valence-corrected chi connectivity index (χ0v) is 14.3. The lowest BCUT2D eigenvalue weighted by Crippen LogP contribution is -2.44. The molecule has 0 radical (unpaired) electrons. The Hall–Kier alpha value is -0.870. The zero-order valence-electron chi connectivity index (χ0n) is 13.5. The maximum atomic E-state index is 13.3. The summed E-state index contributed by atoms with van der Waals surface area (Å²) in [7, 11) is 1.68. The average Bonchev–Trinajstić information content (AvgIpc) is 2.55. The van der Waals surface area contributed by atoms with Crippen LogP contribution in [0.1, 0.15) is 50.0 Å². The van der Waals surface area contributed by atoms with E-state index in [0.29, 0.717) is 24.8 Å². The van der Waals surface area contributed by atoms with E-state index in [-0.39, 0.29) is 12.8 Å². The summed E-state index contributed by atoms with van der Waals surface area (Å²) in [6.45, 7) is 1.94. The van der Waals surface area contributed by atoms with E-state index in [4.69, 9.17) is 16.3 Å². The molecule has 0 N–H and O–H groups in total. The van der Waals surface area contributed by atoms with E-state index >= 15 is 0 Å². The Morgan fingerprint density at radius 1 is 1.13 bits per heavy atom. The SMILES string of the molecule is COc1ccc(Cl)cc1C1CCN(C2CCC(F)(F)CC2)CC1. The van der Waals surface area contributed by atoms with Crippen molar-refractivity contribution < 1.29 is 13.5 Å². The molecule has 2 fully saturated rings. The van der Waals surface area contributed by atoms with Crippen LogP contribution in [-0.2, 0) is 0 Å². The van der Waals surface area contributed by atoms with Crippen molar-refractivity contribution in [3.8, 4) is 5.75 Å². The number of nitrogens with zero attached hydrogens (tertiary/aromatic N) is 1. The molecule has 0 aromatic heterocycles. The monoisotopic (exact) mass is 343 g/mol. The van der Waals surface area contributed by atoms with Gasteiger partial charge in [0.2, 0.25) is 5.92 Å². The van der Waals surface area contributed by atoms with Crippen molar-refractivity contribution in [1.29, 1.82) is 0 Å². The van der Waals surface area contributed by atoms with E-state index in [1.807, 2.05) is 18.2 Å². The highest BCUT2D eigenvalue weighted by Crippen LogP contribution is 2.39. The third kappa shape index (κ3) is 3.97. The predicted molar refractivity (Wildman–Crippen MR) is 88.8 cm³/mol. The summed E-state index contributed by atoms with van der Waals surface area (Å²) in [6.07, 6.45) is 3.39. The van der Waals surface area contributed by atoms with Crippen molar-refractivity contribution in [2.75, 3.05) is 20.2 Å². The van der Waals surface area contributed by atoms with Crippen LogP contribution in [0.5, 0.6) is 5.75 Å². The van der Waals surface area contributed by atoms with Crippen LogP contribution in [0.3, 0.4) is 0 Å². The Morgan fingerprint density at radius 3 is 2.39 bits per heavy atom. The van der Waals surface area contributed by atoms with Gasteiger partial charge >= 0.3 is 0 Å². The summed E-state index contributed by atoms with van der Waals surface area (Å²) in [5.41, 5.74) is 1.18. The quantitative estimate of drug-likeness (QED) is 0.756. The smallest absolute Gasteiger partial charge is 0.248 e. The molecule has 0 spiro atoms. The van der Waals surface area contributed by atoms with Gasteiger partial charge < -0.3 is 9.64 Å². The van der Waals surface area contributed by atoms with Crippen LogP contribution in [0.15, 0.2) is 18.2 Å². The van der Waals surface area contributed by atoms with E-state index in [1.165, 1.54) is 5.56 Å². The van der Waals surface area contributed by atoms with Gasteiger partial charge in [0.25, 0.3) is 0 Å². The van der Waals surface area contributed by atoms with Crippen molar-refractivity contribution in [1.82, 2.24) is 4.90 Å². The number of alkyl halides is 2. The fourth-order valence-electron chi connectivity index (χ4n) is 3.99. The van der Waals surface area contributed by atoms with Crippen molar-refractivity contribution in [3.63, 3.8) is 0 Å². The summed E-state index contributed by atoms with van der Waals surface area (Å²) < 4.78 is 32.1. The highest BCUT2D eigenvalue weighted by atomic mass is 35.5. The maximum Gasteiger partial charge on any atom is 0.248 e. The Balaban J connectivity index is 1.60. The van der Waals surface area contributed by atoms with Gasteiger partial charge in [-0.15, -0.1) is 0 Å². The number of hydrogen-bond donors (Lipinski definition) is 0. The van der Waals surface area contributed by atoms with Crippen LogP contribution >= 0.6 is 11.6 Å². The normalized spacial score (nSPS) is 23.8. The van der Waals surface area contributed by atoms with E-state index < -0.39 is 5.92 Å². The molecule has 5 heteroatoms. The molecule has 23 heavy (non-hydrogen) atoms. The fourth-order valence-corrected chi connectivity index (χ4v) is 4.17. The Bertz CT molecular complexity index is 534. The highest BCUT2D eigenvalue weighted by Gasteiger charge is 2.37. The summed E-state index contributed by atoms with van der Waals surface area (Å²) in [4.78, 5) is 2.41. The number of piperidine rings is 1. The summed E-state index contributed by atoms with van der Waals surface area (Å²) in [5, 5.41) is 0.734. The van der Waals surface area contributed by atoms with Crippen molar-refractivity contribution in [3.05, 3.63) is 28.8 Å². The van der Waals surface area contributed by atoms with Crippen LogP contribution in [0.2, 0.25) is 5.02 Å². The number of benzene rings is 1. The lowest BCUT2D eigenvalue weighted by atomic mass is 9.85. The van der Waals surface area contributed by atoms with Gasteiger partial charge in [-0.05, 0) is 68.5 Å². The number of methoxy groups -OCH3 is 1. The molecule has 1 saturated heterocycles. The van der Waals surface area contributed by atoms with Crippen LogP contribution < -0.4 is 4.74 Å². The second-order valence-electron chi connectivity index (χ2n) is 6.78. The molecule has 1 saturated carbocycles. The summed E-state index contributed by atoms with van der Waals surface area (Å²) in [5.74, 6) is -1.11. The van der Waals surface area contributed by atoms with Crippen molar-refractivity contribution in [2.45, 2.75) is 56.4 Å². The summed E-state index contributed by atoms with van der Waals surface area (Å²) in [6, 6.07) is 6.10. The minimum Gasteiger partial charge on any atom is -0.496 e. The Kier molecular flexibility index (Phi) is 5.12. The molecular formula is C18H24ClF2NO. The molecule has 2 aliphatic rings. The lowest BCUT2D eigenvalue weighted by molar-refractivity contribution is -0.0558. The third-order valence-corrected chi connectivity index (χ3v) is 5.60. The third-order valence-electron chi connectivity index (χ3n) is 5.36. The van der Waals surface area contributed by atoms with Gasteiger partial charge in [-0.1, -0.05) is 11.6 Å². The molecule has 1 aromatic carbocycles. The molecule has 0 atom stereocenters. The molecule has 0 amide bonds. The van der Waals surface area contributed by atoms with Gasteiger partial charge in [-0.2, -0.15) is 0 Å². The van der Waals surface area contributed by atoms with Gasteiger partial charge in [0.15, 0.2) is 0 Å². The van der Waals surface area contributed by atoms with Gasteiger partial charge in [0.05, 0.1) is 7.11 Å². The second kappa shape index (κ2) is 6.94. The number of halogens is 3. The first-order valence-corrected chi connectivity index (χ1v) is 8.81. The first kappa shape index (κ1) is 17.0. The van der Waals surface area contributed by atoms with E-state index in [9.17, 15) is 8.78 Å². The standard InChI is InChI=1S/C18H24ClF2NO/c1-23-17-3-2-14(19)12-16(17)13-6-10-22(11-7-13)15-4-8-18(20,21)9-5-15/h2-3,12-13,15H,4-11H2,1H3. The number of ether oxygens (including phenoxy) is 1. The van der Waals surface area contributed by atoms with E-state index in [1.54, 1.807) is 7.11 Å². The molecule has 1 aliphatic heterocycles. The minimum absolute atomic E-state index is 0.0414. The molecule has 2 nitrogen and oxygen atoms in total. The highest BCUT2D eigenvalue weighted by molar-refractivity contribution is 6.30. The first-order chi connectivity index (χ1) is 11.0. The van der Waals surface area contributed by atoms with Crippen LogP contribution in [0.25, 0.3) is 0 Å². The molecule has 3 rings (SSSR count). The first-order valence-electron chi connectivity index (χ1n) is 8.44. The lowest BCUT2D eigenvalue weighted by Gasteiger charge is -2.41. The average molecular weight is 344 g/mol. The molecule has 128 valence electrons. The van der Waals surface area contributed by atoms with Crippen LogP contribution in [0, 0.1) is 0 Å². The van der Waals surface area contributed by atoms with Crippen molar-refractivity contribution in [2.24, 2.45) is 0 Å². The Labute approximate surface area is 141 Å². The number of rotatable bonds is 3. The second-order valence-corrected chi connectivity index (χ2v) is 7.22. The molecule has 1 aliphatic carbocycles. The number of hydrogen-bond acceptors (Lipinski definition) is 2. The molecule has 1 aromatic rings. The van der Waals surface area contributed by atoms with Gasteiger partial charge in [0, 0.05) is 23.9 Å². The van der Waals surface area contributed by atoms with Crippen LogP contribution in [-0.4, -0.2) is 37.1 Å². The fraction of sp³-hybridized carbons (Fsp3) is 0.667. The molecular weight excluding hydrogens is 320 g/mol. The van der Waals surface area contributed by atoms with E-state index in [2.05, 4.69) is 4.90 Å². The van der Waals surface area contributed by atoms with E-state index in [0.717, 1.165) is 36.7 Å². The van der Waals surface area contributed by atoms with Gasteiger partial charge in [0.1, 0.15) is 5.75 Å². The van der Waals surface area contributed by atoms with Gasteiger partial charge in [-0.25, -0.2) is 8.78 Å². The summed E-state index contributed by atoms with van der Waals surface area (Å²) >= 11 is 6.13. The topological polar surface area (TPSA) is 12.5 Å². The zero-order chi connectivity index (χ0) is 16.4. The molecule has 0 unspecified atom stereocenters. The largest absolute Gasteiger partial charge is 0.496 e. The molecule has 0 bridgehead atoms.